The monoisotopic (exact) mass is 233 g/mol. The topological polar surface area (TPSA) is 76.7 Å². The largest absolute Gasteiger partial charge is 0.496 e. The van der Waals surface area contributed by atoms with Crippen LogP contribution < -0.4 is 15.8 Å². The number of para-hydroxylation sites is 1. The molecule has 0 saturated carbocycles. The first-order valence-corrected chi connectivity index (χ1v) is 5.34. The third-order valence-electron chi connectivity index (χ3n) is 2.91. The number of rotatable bonds is 3. The molecular formula is C12H15N3O2. The summed E-state index contributed by atoms with van der Waals surface area (Å²) in [6.45, 7) is 1.85. The van der Waals surface area contributed by atoms with E-state index in [1.54, 1.807) is 7.11 Å². The van der Waals surface area contributed by atoms with Crippen LogP contribution in [-0.2, 0) is 6.42 Å². The smallest absolute Gasteiger partial charge is 0.343 e. The van der Waals surface area contributed by atoms with Gasteiger partial charge in [-0.05, 0) is 18.6 Å². The molecule has 0 saturated heterocycles. The summed E-state index contributed by atoms with van der Waals surface area (Å²) in [6.07, 6.45) is 0.554. The molecule has 1 aliphatic heterocycles. The lowest BCUT2D eigenvalue weighted by molar-refractivity contribution is 0.246. The molecule has 17 heavy (non-hydrogen) atoms. The lowest BCUT2D eigenvalue weighted by Crippen LogP contribution is -2.50. The molecular weight excluding hydrogens is 218 g/mol. The Morgan fingerprint density at radius 1 is 1.47 bits per heavy atom. The van der Waals surface area contributed by atoms with Crippen molar-refractivity contribution >= 4 is 11.9 Å². The fourth-order valence-electron chi connectivity index (χ4n) is 1.93. The second kappa shape index (κ2) is 4.08. The van der Waals surface area contributed by atoms with Crippen LogP contribution in [0.25, 0.3) is 0 Å². The fourth-order valence-corrected chi connectivity index (χ4v) is 1.93. The van der Waals surface area contributed by atoms with E-state index in [1.807, 2.05) is 31.2 Å². The van der Waals surface area contributed by atoms with Crippen LogP contribution >= 0.6 is 0 Å². The molecule has 1 aromatic carbocycles. The third-order valence-corrected chi connectivity index (χ3v) is 2.91. The molecule has 5 heteroatoms. The maximum Gasteiger partial charge on any atom is 0.343 e. The van der Waals surface area contributed by atoms with Crippen molar-refractivity contribution in [2.45, 2.75) is 18.9 Å². The fraction of sp³-hybridized carbons (Fsp3) is 0.333. The minimum absolute atomic E-state index is 0.313. The summed E-state index contributed by atoms with van der Waals surface area (Å²) < 4.78 is 5.27. The van der Waals surface area contributed by atoms with Gasteiger partial charge in [-0.25, -0.2) is 4.79 Å². The zero-order valence-corrected chi connectivity index (χ0v) is 9.86. The molecule has 0 aliphatic carbocycles. The highest BCUT2D eigenvalue weighted by molar-refractivity contribution is 6.05. The Bertz CT molecular complexity index is 484. The molecule has 1 aromatic rings. The number of nitrogens with zero attached hydrogens (tertiary/aromatic N) is 1. The highest BCUT2D eigenvalue weighted by Crippen LogP contribution is 2.24. The number of hydrogen-bond donors (Lipinski definition) is 2. The van der Waals surface area contributed by atoms with Crippen molar-refractivity contribution in [3.05, 3.63) is 29.8 Å². The van der Waals surface area contributed by atoms with E-state index >= 15 is 0 Å². The lowest BCUT2D eigenvalue weighted by atomic mass is 9.92. The first kappa shape index (κ1) is 11.4. The van der Waals surface area contributed by atoms with Crippen LogP contribution in [0.4, 0.5) is 4.79 Å². The number of aliphatic imine (C=N–C) groups is 1. The molecule has 1 aliphatic rings. The van der Waals surface area contributed by atoms with Gasteiger partial charge in [0.05, 0.1) is 7.11 Å². The summed E-state index contributed by atoms with van der Waals surface area (Å²) in [7, 11) is 1.62. The predicted octanol–water partition coefficient (Wildman–Crippen LogP) is 1.08. The van der Waals surface area contributed by atoms with Crippen molar-refractivity contribution in [3.8, 4) is 5.75 Å². The summed E-state index contributed by atoms with van der Waals surface area (Å²) in [6, 6.07) is 7.26. The number of nitrogens with two attached hydrogens (primary N) is 1. The van der Waals surface area contributed by atoms with Gasteiger partial charge in [-0.1, -0.05) is 18.2 Å². The van der Waals surface area contributed by atoms with Crippen molar-refractivity contribution in [1.29, 1.82) is 0 Å². The normalized spacial score (nSPS) is 23.2. The van der Waals surface area contributed by atoms with Crippen LogP contribution in [0.3, 0.4) is 0 Å². The summed E-state index contributed by atoms with van der Waals surface area (Å²) in [5.41, 5.74) is 6.12. The minimum atomic E-state index is -0.633. The van der Waals surface area contributed by atoms with E-state index in [1.165, 1.54) is 0 Å². The maximum absolute atomic E-state index is 11.2. The molecule has 0 fully saturated rings. The first-order valence-electron chi connectivity index (χ1n) is 5.34. The molecule has 1 atom stereocenters. The average molecular weight is 233 g/mol. The zero-order valence-electron chi connectivity index (χ0n) is 9.86. The Labute approximate surface area is 99.7 Å². The molecule has 1 heterocycles. The van der Waals surface area contributed by atoms with E-state index in [0.29, 0.717) is 12.3 Å². The van der Waals surface area contributed by atoms with Gasteiger partial charge in [-0.3, -0.25) is 0 Å². The van der Waals surface area contributed by atoms with E-state index in [9.17, 15) is 4.79 Å². The number of benzene rings is 1. The zero-order chi connectivity index (χ0) is 12.5. The van der Waals surface area contributed by atoms with Crippen LogP contribution in [-0.4, -0.2) is 24.5 Å². The van der Waals surface area contributed by atoms with Crippen molar-refractivity contribution in [2.24, 2.45) is 10.7 Å². The van der Waals surface area contributed by atoms with Gasteiger partial charge in [0, 0.05) is 6.42 Å². The van der Waals surface area contributed by atoms with Gasteiger partial charge >= 0.3 is 6.03 Å². The molecule has 0 aromatic heterocycles. The SMILES string of the molecule is COc1ccccc1CC1(C)NC(=O)N=C1N. The standard InChI is InChI=1S/C12H15N3O2/c1-12(10(13)14-11(16)15-12)7-8-5-3-4-6-9(8)17-2/h3-6H,7H2,1-2H3,(H3,13,14,15,16). The van der Waals surface area contributed by atoms with Gasteiger partial charge < -0.3 is 15.8 Å². The van der Waals surface area contributed by atoms with Crippen LogP contribution in [0.15, 0.2) is 29.3 Å². The number of carbonyl (C=O) groups is 1. The summed E-state index contributed by atoms with van der Waals surface area (Å²) in [4.78, 5) is 14.9. The number of urea groups is 1. The van der Waals surface area contributed by atoms with E-state index in [2.05, 4.69) is 10.3 Å². The molecule has 2 amide bonds. The average Bonchev–Trinajstić information content (AvgIpc) is 2.53. The number of carbonyl (C=O) groups excluding carboxylic acids is 1. The van der Waals surface area contributed by atoms with Crippen LogP contribution in [0.2, 0.25) is 0 Å². The van der Waals surface area contributed by atoms with Crippen LogP contribution in [0, 0.1) is 0 Å². The summed E-state index contributed by atoms with van der Waals surface area (Å²) >= 11 is 0. The Hall–Kier alpha value is -2.04. The second-order valence-corrected chi connectivity index (χ2v) is 4.25. The molecule has 0 radical (unpaired) electrons. The van der Waals surface area contributed by atoms with Crippen molar-refractivity contribution in [3.63, 3.8) is 0 Å². The molecule has 1 unspecified atom stereocenters. The van der Waals surface area contributed by atoms with Gasteiger partial charge in [0.15, 0.2) is 0 Å². The van der Waals surface area contributed by atoms with Gasteiger partial charge in [0.25, 0.3) is 0 Å². The van der Waals surface area contributed by atoms with Crippen molar-refractivity contribution in [1.82, 2.24) is 5.32 Å². The third kappa shape index (κ3) is 2.08. The van der Waals surface area contributed by atoms with Gasteiger partial charge in [0.2, 0.25) is 0 Å². The van der Waals surface area contributed by atoms with E-state index in [0.717, 1.165) is 11.3 Å². The molecule has 3 N–H and O–H groups in total. The number of nitrogens with one attached hydrogen (secondary N) is 1. The molecule has 5 nitrogen and oxygen atoms in total. The molecule has 0 bridgehead atoms. The summed E-state index contributed by atoms with van der Waals surface area (Å²) in [5.74, 6) is 1.09. The van der Waals surface area contributed by atoms with Crippen molar-refractivity contribution in [2.75, 3.05) is 7.11 Å². The number of methoxy groups -OCH3 is 1. The molecule has 0 spiro atoms. The highest BCUT2D eigenvalue weighted by atomic mass is 16.5. The Kier molecular flexibility index (Phi) is 2.75. The first-order chi connectivity index (χ1) is 8.05. The maximum atomic E-state index is 11.2. The van der Waals surface area contributed by atoms with Gasteiger partial charge in [-0.15, -0.1) is 0 Å². The lowest BCUT2D eigenvalue weighted by Gasteiger charge is -2.24. The summed E-state index contributed by atoms with van der Waals surface area (Å²) in [5, 5.41) is 2.76. The predicted molar refractivity (Wildman–Crippen MR) is 65.3 cm³/mol. The van der Waals surface area contributed by atoms with E-state index in [4.69, 9.17) is 10.5 Å². The molecule has 90 valence electrons. The Morgan fingerprint density at radius 3 is 2.76 bits per heavy atom. The Morgan fingerprint density at radius 2 is 2.18 bits per heavy atom. The van der Waals surface area contributed by atoms with E-state index < -0.39 is 5.54 Å². The van der Waals surface area contributed by atoms with Crippen molar-refractivity contribution < 1.29 is 9.53 Å². The van der Waals surface area contributed by atoms with Crippen LogP contribution in [0.5, 0.6) is 5.75 Å². The molecule has 2 rings (SSSR count). The van der Waals surface area contributed by atoms with Gasteiger partial charge in [-0.2, -0.15) is 4.99 Å². The quantitative estimate of drug-likeness (QED) is 0.820. The number of amidine groups is 1. The van der Waals surface area contributed by atoms with Crippen LogP contribution in [0.1, 0.15) is 12.5 Å². The second-order valence-electron chi connectivity index (χ2n) is 4.25. The number of amides is 2. The Balaban J connectivity index is 2.27. The highest BCUT2D eigenvalue weighted by Gasteiger charge is 2.37. The van der Waals surface area contributed by atoms with E-state index in [-0.39, 0.29) is 6.03 Å². The minimum Gasteiger partial charge on any atom is -0.496 e. The number of ether oxygens (including phenoxy) is 1. The van der Waals surface area contributed by atoms with Gasteiger partial charge in [0.1, 0.15) is 17.1 Å². The number of hydrogen-bond acceptors (Lipinski definition) is 3.